The van der Waals surface area contributed by atoms with Gasteiger partial charge in [-0.25, -0.2) is 4.98 Å². The predicted molar refractivity (Wildman–Crippen MR) is 52.6 cm³/mol. The molecule has 72 valence electrons. The van der Waals surface area contributed by atoms with Gasteiger partial charge in [0.25, 0.3) is 0 Å². The van der Waals surface area contributed by atoms with Gasteiger partial charge in [-0.2, -0.15) is 0 Å². The van der Waals surface area contributed by atoms with E-state index in [0.717, 1.165) is 0 Å². The van der Waals surface area contributed by atoms with E-state index in [1.807, 2.05) is 25.0 Å². The summed E-state index contributed by atoms with van der Waals surface area (Å²) >= 11 is 0. The maximum atomic E-state index is 4.40. The quantitative estimate of drug-likeness (QED) is 0.741. The molecule has 0 radical (unpaired) electrons. The number of imidazole rings is 1. The average molecular weight is 179 g/mol. The van der Waals surface area contributed by atoms with Gasteiger partial charge in [0.05, 0.1) is 12.0 Å². The molecule has 0 saturated heterocycles. The van der Waals surface area contributed by atoms with Gasteiger partial charge >= 0.3 is 0 Å². The van der Waals surface area contributed by atoms with Gasteiger partial charge in [-0.1, -0.05) is 0 Å². The Kier molecular flexibility index (Phi) is 2.36. The van der Waals surface area contributed by atoms with Gasteiger partial charge in [0.15, 0.2) is 0 Å². The van der Waals surface area contributed by atoms with E-state index in [-0.39, 0.29) is 0 Å². The van der Waals surface area contributed by atoms with Crippen molar-refractivity contribution in [1.29, 1.82) is 0 Å². The van der Waals surface area contributed by atoms with Crippen molar-refractivity contribution < 1.29 is 0 Å². The van der Waals surface area contributed by atoms with E-state index in [0.29, 0.717) is 12.0 Å². The Morgan fingerprint density at radius 3 is 2.92 bits per heavy atom. The van der Waals surface area contributed by atoms with E-state index in [9.17, 15) is 0 Å². The molecule has 1 aliphatic carbocycles. The van der Waals surface area contributed by atoms with Crippen LogP contribution in [0, 0.1) is 0 Å². The summed E-state index contributed by atoms with van der Waals surface area (Å²) in [4.78, 5) is 4.40. The highest BCUT2D eigenvalue weighted by molar-refractivity contribution is 5.08. The highest BCUT2D eigenvalue weighted by atomic mass is 15.0. The van der Waals surface area contributed by atoms with Gasteiger partial charge in [0.2, 0.25) is 0 Å². The maximum absolute atomic E-state index is 4.40. The van der Waals surface area contributed by atoms with Crippen LogP contribution in [0.25, 0.3) is 0 Å². The van der Waals surface area contributed by atoms with Crippen LogP contribution >= 0.6 is 0 Å². The van der Waals surface area contributed by atoms with Crippen LogP contribution in [0.1, 0.15) is 30.9 Å². The van der Waals surface area contributed by atoms with Crippen molar-refractivity contribution in [2.45, 2.75) is 31.2 Å². The minimum absolute atomic E-state index is 0.679. The predicted octanol–water partition coefficient (Wildman–Crippen LogP) is 1.28. The number of rotatable bonds is 2. The second-order valence-corrected chi connectivity index (χ2v) is 3.96. The van der Waals surface area contributed by atoms with Crippen LogP contribution in [0.5, 0.6) is 0 Å². The number of aromatic nitrogens is 2. The first kappa shape index (κ1) is 8.75. The fourth-order valence-corrected chi connectivity index (χ4v) is 2.16. The minimum Gasteiger partial charge on any atom is -0.340 e. The van der Waals surface area contributed by atoms with Gasteiger partial charge in [0.1, 0.15) is 0 Å². The number of aryl methyl sites for hydroxylation is 1. The van der Waals surface area contributed by atoms with Crippen molar-refractivity contribution in [3.05, 3.63) is 18.2 Å². The van der Waals surface area contributed by atoms with Crippen molar-refractivity contribution in [3.8, 4) is 0 Å². The van der Waals surface area contributed by atoms with Crippen molar-refractivity contribution >= 4 is 0 Å². The van der Waals surface area contributed by atoms with Crippen LogP contribution < -0.4 is 5.32 Å². The molecule has 2 atom stereocenters. The van der Waals surface area contributed by atoms with Crippen LogP contribution in [0.3, 0.4) is 0 Å². The van der Waals surface area contributed by atoms with Crippen LogP contribution in [0.2, 0.25) is 0 Å². The molecule has 0 bridgehead atoms. The largest absolute Gasteiger partial charge is 0.340 e. The summed E-state index contributed by atoms with van der Waals surface area (Å²) in [5.41, 5.74) is 1.26. The fourth-order valence-electron chi connectivity index (χ4n) is 2.16. The number of hydrogen-bond acceptors (Lipinski definition) is 2. The summed E-state index contributed by atoms with van der Waals surface area (Å²) < 4.78 is 2.03. The molecule has 0 aliphatic heterocycles. The van der Waals surface area contributed by atoms with Gasteiger partial charge in [-0.05, 0) is 26.3 Å². The first-order valence-electron chi connectivity index (χ1n) is 4.94. The third-order valence-electron chi connectivity index (χ3n) is 2.98. The van der Waals surface area contributed by atoms with Gasteiger partial charge in [-0.3, -0.25) is 0 Å². The van der Waals surface area contributed by atoms with E-state index in [1.165, 1.54) is 25.0 Å². The zero-order valence-electron chi connectivity index (χ0n) is 8.33. The second kappa shape index (κ2) is 3.50. The standard InChI is InChI=1S/C10H17N3/c1-11-9-4-3-8(5-9)10-6-13(2)7-12-10/h6-9,11H,3-5H2,1-2H3. The van der Waals surface area contributed by atoms with Gasteiger partial charge < -0.3 is 9.88 Å². The third kappa shape index (κ3) is 1.75. The molecular formula is C10H17N3. The molecule has 1 aromatic heterocycles. The molecule has 1 aliphatic rings. The molecule has 13 heavy (non-hydrogen) atoms. The van der Waals surface area contributed by atoms with E-state index < -0.39 is 0 Å². The topological polar surface area (TPSA) is 29.9 Å². The third-order valence-corrected chi connectivity index (χ3v) is 2.98. The van der Waals surface area contributed by atoms with Crippen molar-refractivity contribution in [2.75, 3.05) is 7.05 Å². The molecule has 1 fully saturated rings. The van der Waals surface area contributed by atoms with Crippen molar-refractivity contribution in [3.63, 3.8) is 0 Å². The SMILES string of the molecule is CNC1CCC(c2cn(C)cn2)C1. The van der Waals surface area contributed by atoms with E-state index in [2.05, 4.69) is 16.5 Å². The molecule has 2 rings (SSSR count). The zero-order valence-corrected chi connectivity index (χ0v) is 8.33. The molecule has 0 amide bonds. The Morgan fingerprint density at radius 2 is 2.38 bits per heavy atom. The molecule has 3 heteroatoms. The zero-order chi connectivity index (χ0) is 9.26. The smallest absolute Gasteiger partial charge is 0.0946 e. The Bertz CT molecular complexity index is 279. The number of hydrogen-bond donors (Lipinski definition) is 1. The van der Waals surface area contributed by atoms with Gasteiger partial charge in [-0.15, -0.1) is 0 Å². The Labute approximate surface area is 79.2 Å². The highest BCUT2D eigenvalue weighted by Gasteiger charge is 2.25. The molecular weight excluding hydrogens is 162 g/mol. The normalized spacial score (nSPS) is 28.2. The average Bonchev–Trinajstić information content (AvgIpc) is 2.71. The Balaban J connectivity index is 2.03. The lowest BCUT2D eigenvalue weighted by atomic mass is 10.1. The van der Waals surface area contributed by atoms with E-state index >= 15 is 0 Å². The monoisotopic (exact) mass is 179 g/mol. The Hall–Kier alpha value is -0.830. The molecule has 2 unspecified atom stereocenters. The van der Waals surface area contributed by atoms with E-state index in [4.69, 9.17) is 0 Å². The van der Waals surface area contributed by atoms with Crippen LogP contribution in [-0.4, -0.2) is 22.6 Å². The molecule has 0 spiro atoms. The first-order chi connectivity index (χ1) is 6.29. The molecule has 1 saturated carbocycles. The van der Waals surface area contributed by atoms with Crippen molar-refractivity contribution in [2.24, 2.45) is 7.05 Å². The summed E-state index contributed by atoms with van der Waals surface area (Å²) in [5, 5.41) is 3.34. The lowest BCUT2D eigenvalue weighted by molar-refractivity contribution is 0.569. The van der Waals surface area contributed by atoms with E-state index in [1.54, 1.807) is 0 Å². The lowest BCUT2D eigenvalue weighted by Gasteiger charge is -2.07. The molecule has 1 N–H and O–H groups in total. The lowest BCUT2D eigenvalue weighted by Crippen LogP contribution is -2.21. The van der Waals surface area contributed by atoms with Crippen molar-refractivity contribution in [1.82, 2.24) is 14.9 Å². The maximum Gasteiger partial charge on any atom is 0.0946 e. The molecule has 0 aromatic carbocycles. The van der Waals surface area contributed by atoms with Crippen LogP contribution in [-0.2, 0) is 7.05 Å². The molecule has 1 heterocycles. The number of nitrogens with one attached hydrogen (secondary N) is 1. The van der Waals surface area contributed by atoms with Crippen LogP contribution in [0.15, 0.2) is 12.5 Å². The summed E-state index contributed by atoms with van der Waals surface area (Å²) in [7, 11) is 4.08. The summed E-state index contributed by atoms with van der Waals surface area (Å²) in [5.74, 6) is 0.679. The number of nitrogens with zero attached hydrogens (tertiary/aromatic N) is 2. The molecule has 1 aromatic rings. The Morgan fingerprint density at radius 1 is 1.54 bits per heavy atom. The summed E-state index contributed by atoms with van der Waals surface area (Å²) in [6, 6.07) is 0.701. The first-order valence-corrected chi connectivity index (χ1v) is 4.94. The molecule has 3 nitrogen and oxygen atoms in total. The highest BCUT2D eigenvalue weighted by Crippen LogP contribution is 2.32. The van der Waals surface area contributed by atoms with Gasteiger partial charge in [0, 0.05) is 25.2 Å². The summed E-state index contributed by atoms with van der Waals surface area (Å²) in [6.45, 7) is 0. The summed E-state index contributed by atoms with van der Waals surface area (Å²) in [6.07, 6.45) is 7.85. The minimum atomic E-state index is 0.679. The second-order valence-electron chi connectivity index (χ2n) is 3.96. The van der Waals surface area contributed by atoms with Crippen LogP contribution in [0.4, 0.5) is 0 Å². The fraction of sp³-hybridized carbons (Fsp3) is 0.700.